The number of ether oxygens (including phenoxy) is 1. The van der Waals surface area contributed by atoms with Crippen LogP contribution in [0.5, 0.6) is 0 Å². The molecule has 0 amide bonds. The number of carbonyl (C=O) groups is 1. The molecule has 0 aliphatic rings. The second-order valence-electron chi connectivity index (χ2n) is 6.30. The van der Waals surface area contributed by atoms with Crippen molar-refractivity contribution >= 4 is 5.97 Å². The van der Waals surface area contributed by atoms with Gasteiger partial charge in [0.1, 0.15) is 6.10 Å². The molecule has 20 heavy (non-hydrogen) atoms. The van der Waals surface area contributed by atoms with Gasteiger partial charge < -0.3 is 4.74 Å². The van der Waals surface area contributed by atoms with Crippen molar-refractivity contribution in [2.45, 2.75) is 85.7 Å². The van der Waals surface area contributed by atoms with Gasteiger partial charge in [-0.05, 0) is 37.5 Å². The standard InChI is InChI=1S/C18H34O2/c1-6-7-8-9-10-11-12-13-14-17(19)20-18(15(2)3)16(4)5/h10-11,15-16,18H,6-9,12-14H2,1-5H3/b11-10-. The third-order valence-corrected chi connectivity index (χ3v) is 3.47. The van der Waals surface area contributed by atoms with Crippen molar-refractivity contribution in [3.8, 4) is 0 Å². The number of hydrogen-bond acceptors (Lipinski definition) is 2. The molecule has 0 aromatic heterocycles. The van der Waals surface area contributed by atoms with Crippen molar-refractivity contribution in [2.75, 3.05) is 0 Å². The lowest BCUT2D eigenvalue weighted by Crippen LogP contribution is -2.28. The molecule has 0 radical (unpaired) electrons. The predicted molar refractivity (Wildman–Crippen MR) is 86.7 cm³/mol. The molecule has 0 unspecified atom stereocenters. The maximum atomic E-state index is 11.8. The van der Waals surface area contributed by atoms with Crippen molar-refractivity contribution in [3.63, 3.8) is 0 Å². The van der Waals surface area contributed by atoms with E-state index in [0.717, 1.165) is 12.8 Å². The molecule has 0 heterocycles. The number of esters is 1. The van der Waals surface area contributed by atoms with E-state index >= 15 is 0 Å². The largest absolute Gasteiger partial charge is 0.462 e. The molecule has 0 fully saturated rings. The summed E-state index contributed by atoms with van der Waals surface area (Å²) in [6.07, 6.45) is 11.9. The van der Waals surface area contributed by atoms with Crippen LogP contribution in [0.4, 0.5) is 0 Å². The van der Waals surface area contributed by atoms with Gasteiger partial charge in [-0.3, -0.25) is 4.79 Å². The number of allylic oxidation sites excluding steroid dienone is 2. The van der Waals surface area contributed by atoms with E-state index in [2.05, 4.69) is 46.8 Å². The Morgan fingerprint density at radius 3 is 2.00 bits per heavy atom. The first-order chi connectivity index (χ1) is 9.49. The molecule has 0 saturated heterocycles. The fourth-order valence-electron chi connectivity index (χ4n) is 2.36. The van der Waals surface area contributed by atoms with E-state index in [1.807, 2.05) is 0 Å². The molecule has 2 nitrogen and oxygen atoms in total. The van der Waals surface area contributed by atoms with Crippen molar-refractivity contribution in [1.29, 1.82) is 0 Å². The second-order valence-corrected chi connectivity index (χ2v) is 6.30. The number of carbonyl (C=O) groups excluding carboxylic acids is 1. The summed E-state index contributed by atoms with van der Waals surface area (Å²) in [6.45, 7) is 10.7. The lowest BCUT2D eigenvalue weighted by atomic mass is 9.96. The number of unbranched alkanes of at least 4 members (excludes halogenated alkanes) is 4. The van der Waals surface area contributed by atoms with Gasteiger partial charge in [-0.1, -0.05) is 59.6 Å². The van der Waals surface area contributed by atoms with E-state index in [-0.39, 0.29) is 12.1 Å². The van der Waals surface area contributed by atoms with E-state index < -0.39 is 0 Å². The molecular weight excluding hydrogens is 248 g/mol. The topological polar surface area (TPSA) is 26.3 Å². The Morgan fingerprint density at radius 2 is 1.50 bits per heavy atom. The average Bonchev–Trinajstić information content (AvgIpc) is 2.38. The molecule has 0 atom stereocenters. The third kappa shape index (κ3) is 10.1. The highest BCUT2D eigenvalue weighted by atomic mass is 16.5. The zero-order valence-corrected chi connectivity index (χ0v) is 14.2. The van der Waals surface area contributed by atoms with Gasteiger partial charge in [0, 0.05) is 6.42 Å². The zero-order valence-electron chi connectivity index (χ0n) is 14.2. The van der Waals surface area contributed by atoms with Crippen LogP contribution in [0, 0.1) is 11.8 Å². The minimum atomic E-state index is -0.0446. The summed E-state index contributed by atoms with van der Waals surface area (Å²) in [5, 5.41) is 0. The van der Waals surface area contributed by atoms with E-state index in [1.165, 1.54) is 25.7 Å². The molecule has 118 valence electrons. The Kier molecular flexibility index (Phi) is 11.5. The minimum Gasteiger partial charge on any atom is -0.462 e. The summed E-state index contributed by atoms with van der Waals surface area (Å²) >= 11 is 0. The first-order valence-corrected chi connectivity index (χ1v) is 8.33. The highest BCUT2D eigenvalue weighted by Crippen LogP contribution is 2.17. The molecule has 0 aromatic rings. The molecule has 0 bridgehead atoms. The van der Waals surface area contributed by atoms with E-state index in [4.69, 9.17) is 4.74 Å². The van der Waals surface area contributed by atoms with Gasteiger partial charge >= 0.3 is 5.97 Å². The Hall–Kier alpha value is -0.790. The van der Waals surface area contributed by atoms with Crippen LogP contribution in [0.15, 0.2) is 12.2 Å². The van der Waals surface area contributed by atoms with Crippen molar-refractivity contribution in [2.24, 2.45) is 11.8 Å². The number of rotatable bonds is 11. The Labute approximate surface area is 126 Å². The predicted octanol–water partition coefficient (Wildman–Crippen LogP) is 5.52. The van der Waals surface area contributed by atoms with Gasteiger partial charge in [-0.15, -0.1) is 0 Å². The van der Waals surface area contributed by atoms with Gasteiger partial charge in [0.15, 0.2) is 0 Å². The van der Waals surface area contributed by atoms with E-state index in [1.54, 1.807) is 0 Å². The lowest BCUT2D eigenvalue weighted by Gasteiger charge is -2.24. The van der Waals surface area contributed by atoms with E-state index in [0.29, 0.717) is 18.3 Å². The molecule has 0 aromatic carbocycles. The van der Waals surface area contributed by atoms with Crippen LogP contribution < -0.4 is 0 Å². The molecule has 0 saturated carbocycles. The van der Waals surface area contributed by atoms with Crippen LogP contribution in [0.1, 0.15) is 79.6 Å². The summed E-state index contributed by atoms with van der Waals surface area (Å²) in [7, 11) is 0. The Morgan fingerprint density at radius 1 is 0.950 bits per heavy atom. The highest BCUT2D eigenvalue weighted by Gasteiger charge is 2.21. The zero-order chi connectivity index (χ0) is 15.4. The van der Waals surface area contributed by atoms with Gasteiger partial charge in [0.05, 0.1) is 0 Å². The van der Waals surface area contributed by atoms with Crippen molar-refractivity contribution < 1.29 is 9.53 Å². The van der Waals surface area contributed by atoms with Crippen LogP contribution >= 0.6 is 0 Å². The fraction of sp³-hybridized carbons (Fsp3) is 0.833. The highest BCUT2D eigenvalue weighted by molar-refractivity contribution is 5.69. The third-order valence-electron chi connectivity index (χ3n) is 3.47. The monoisotopic (exact) mass is 282 g/mol. The minimum absolute atomic E-state index is 0.0446. The maximum Gasteiger partial charge on any atom is 0.306 e. The molecule has 2 heteroatoms. The van der Waals surface area contributed by atoms with Crippen molar-refractivity contribution in [3.05, 3.63) is 12.2 Å². The first-order valence-electron chi connectivity index (χ1n) is 8.33. The lowest BCUT2D eigenvalue weighted by molar-refractivity contribution is -0.154. The molecular formula is C18H34O2. The van der Waals surface area contributed by atoms with Gasteiger partial charge in [-0.2, -0.15) is 0 Å². The van der Waals surface area contributed by atoms with Crippen LogP contribution in [-0.4, -0.2) is 12.1 Å². The fourth-order valence-corrected chi connectivity index (χ4v) is 2.36. The van der Waals surface area contributed by atoms with Crippen molar-refractivity contribution in [1.82, 2.24) is 0 Å². The average molecular weight is 282 g/mol. The van der Waals surface area contributed by atoms with Crippen LogP contribution in [0.25, 0.3) is 0 Å². The van der Waals surface area contributed by atoms with Crippen LogP contribution in [0.2, 0.25) is 0 Å². The first kappa shape index (κ1) is 19.2. The van der Waals surface area contributed by atoms with E-state index in [9.17, 15) is 4.79 Å². The van der Waals surface area contributed by atoms with Gasteiger partial charge in [0.25, 0.3) is 0 Å². The molecule has 0 rings (SSSR count). The summed E-state index contributed by atoms with van der Waals surface area (Å²) < 4.78 is 5.57. The molecule has 0 aliphatic heterocycles. The normalized spacial score (nSPS) is 12.0. The maximum absolute atomic E-state index is 11.8. The summed E-state index contributed by atoms with van der Waals surface area (Å²) in [4.78, 5) is 11.8. The molecule has 0 spiro atoms. The summed E-state index contributed by atoms with van der Waals surface area (Å²) in [5.41, 5.74) is 0. The second kappa shape index (κ2) is 12.0. The summed E-state index contributed by atoms with van der Waals surface area (Å²) in [6, 6.07) is 0. The Balaban J connectivity index is 3.72. The van der Waals surface area contributed by atoms with Gasteiger partial charge in [0.2, 0.25) is 0 Å². The molecule has 0 N–H and O–H groups in total. The quantitative estimate of drug-likeness (QED) is 0.283. The smallest absolute Gasteiger partial charge is 0.306 e. The SMILES string of the molecule is CCCCC/C=C\CCCC(=O)OC(C(C)C)C(C)C. The molecule has 0 aliphatic carbocycles. The number of hydrogen-bond donors (Lipinski definition) is 0. The Bertz CT molecular complexity index is 259. The van der Waals surface area contributed by atoms with Gasteiger partial charge in [-0.25, -0.2) is 0 Å². The van der Waals surface area contributed by atoms with Crippen LogP contribution in [-0.2, 0) is 9.53 Å². The van der Waals surface area contributed by atoms with Crippen LogP contribution in [0.3, 0.4) is 0 Å². The summed E-state index contributed by atoms with van der Waals surface area (Å²) in [5.74, 6) is 0.728.